The number of carbonyl (C=O) groups is 2. The molecule has 0 spiro atoms. The smallest absolute Gasteiger partial charge is 0.416 e. The molecule has 0 radical (unpaired) electrons. The molecule has 0 bridgehead atoms. The SMILES string of the molecule is CC(C)(C(=O)O)C(=O)NS(=O)(=O)c1ccc(C(F)(F)F)cc1. The van der Waals surface area contributed by atoms with Crippen LogP contribution in [0.25, 0.3) is 0 Å². The Kier molecular flexibility index (Phi) is 4.56. The number of hydrogen-bond donors (Lipinski definition) is 2. The topological polar surface area (TPSA) is 101 Å². The second-order valence-electron chi connectivity index (χ2n) is 4.89. The molecule has 0 unspecified atom stereocenters. The Bertz CT molecular complexity index is 692. The van der Waals surface area contributed by atoms with E-state index in [1.807, 2.05) is 0 Å². The maximum Gasteiger partial charge on any atom is 0.416 e. The van der Waals surface area contributed by atoms with E-state index < -0.39 is 44.0 Å². The van der Waals surface area contributed by atoms with Crippen molar-refractivity contribution in [3.8, 4) is 0 Å². The Morgan fingerprint density at radius 3 is 1.91 bits per heavy atom. The van der Waals surface area contributed by atoms with Gasteiger partial charge in [0, 0.05) is 0 Å². The van der Waals surface area contributed by atoms with E-state index in [-0.39, 0.29) is 0 Å². The molecule has 22 heavy (non-hydrogen) atoms. The molecule has 122 valence electrons. The van der Waals surface area contributed by atoms with Gasteiger partial charge in [0.1, 0.15) is 5.41 Å². The fourth-order valence-electron chi connectivity index (χ4n) is 1.23. The van der Waals surface area contributed by atoms with Crippen molar-refractivity contribution in [2.75, 3.05) is 0 Å². The van der Waals surface area contributed by atoms with Gasteiger partial charge < -0.3 is 5.11 Å². The van der Waals surface area contributed by atoms with Gasteiger partial charge in [0.05, 0.1) is 10.5 Å². The lowest BCUT2D eigenvalue weighted by molar-refractivity contribution is -0.152. The highest BCUT2D eigenvalue weighted by atomic mass is 32.2. The normalized spacial score (nSPS) is 12.8. The number of rotatable bonds is 4. The molecule has 1 aromatic rings. The fourth-order valence-corrected chi connectivity index (χ4v) is 2.34. The van der Waals surface area contributed by atoms with E-state index in [4.69, 9.17) is 5.11 Å². The van der Waals surface area contributed by atoms with Crippen molar-refractivity contribution in [1.82, 2.24) is 4.72 Å². The number of carbonyl (C=O) groups excluding carboxylic acids is 1. The van der Waals surface area contributed by atoms with Crippen molar-refractivity contribution in [3.63, 3.8) is 0 Å². The van der Waals surface area contributed by atoms with Crippen LogP contribution >= 0.6 is 0 Å². The molecular weight excluding hydrogens is 327 g/mol. The van der Waals surface area contributed by atoms with E-state index >= 15 is 0 Å². The van der Waals surface area contributed by atoms with Gasteiger partial charge in [-0.1, -0.05) is 0 Å². The molecule has 6 nitrogen and oxygen atoms in total. The number of halogens is 3. The average Bonchev–Trinajstić information content (AvgIpc) is 2.37. The van der Waals surface area contributed by atoms with Gasteiger partial charge in [0.25, 0.3) is 15.9 Å². The van der Waals surface area contributed by atoms with Crippen LogP contribution in [0.2, 0.25) is 0 Å². The summed E-state index contributed by atoms with van der Waals surface area (Å²) in [4.78, 5) is 21.9. The third kappa shape index (κ3) is 3.75. The monoisotopic (exact) mass is 339 g/mol. The van der Waals surface area contributed by atoms with Crippen LogP contribution in [0.1, 0.15) is 19.4 Å². The van der Waals surface area contributed by atoms with Crippen molar-refractivity contribution < 1.29 is 36.3 Å². The highest BCUT2D eigenvalue weighted by Gasteiger charge is 2.38. The fraction of sp³-hybridized carbons (Fsp3) is 0.333. The third-order valence-corrected chi connectivity index (χ3v) is 4.17. The molecule has 10 heteroatoms. The first-order valence-electron chi connectivity index (χ1n) is 5.76. The molecule has 1 amide bonds. The molecule has 0 saturated heterocycles. The molecule has 2 N–H and O–H groups in total. The van der Waals surface area contributed by atoms with Crippen LogP contribution in [0.4, 0.5) is 13.2 Å². The summed E-state index contributed by atoms with van der Waals surface area (Å²) in [6, 6.07) is 2.43. The largest absolute Gasteiger partial charge is 0.480 e. The first kappa shape index (κ1) is 18.0. The maximum absolute atomic E-state index is 12.4. The third-order valence-electron chi connectivity index (χ3n) is 2.82. The zero-order valence-electron chi connectivity index (χ0n) is 11.4. The molecular formula is C12H12F3NO5S. The lowest BCUT2D eigenvalue weighted by atomic mass is 9.93. The van der Waals surface area contributed by atoms with E-state index in [0.717, 1.165) is 13.8 Å². The lowest BCUT2D eigenvalue weighted by Crippen LogP contribution is -2.44. The number of benzene rings is 1. The number of hydrogen-bond acceptors (Lipinski definition) is 4. The molecule has 0 fully saturated rings. The Labute approximate surface area is 124 Å². The molecule has 0 aliphatic rings. The van der Waals surface area contributed by atoms with Crippen molar-refractivity contribution in [1.29, 1.82) is 0 Å². The summed E-state index contributed by atoms with van der Waals surface area (Å²) < 4.78 is 62.4. The summed E-state index contributed by atoms with van der Waals surface area (Å²) in [7, 11) is -4.47. The first-order chi connectivity index (χ1) is 9.78. The van der Waals surface area contributed by atoms with Gasteiger partial charge in [-0.25, -0.2) is 13.1 Å². The van der Waals surface area contributed by atoms with E-state index in [1.165, 1.54) is 4.72 Å². The summed E-state index contributed by atoms with van der Waals surface area (Å²) in [5.41, 5.74) is -3.07. The van der Waals surface area contributed by atoms with Gasteiger partial charge in [0.15, 0.2) is 0 Å². The zero-order chi connectivity index (χ0) is 17.3. The van der Waals surface area contributed by atoms with Crippen molar-refractivity contribution >= 4 is 21.9 Å². The number of nitrogens with one attached hydrogen (secondary N) is 1. The van der Waals surface area contributed by atoms with Gasteiger partial charge in [0.2, 0.25) is 0 Å². The number of sulfonamides is 1. The van der Waals surface area contributed by atoms with Crippen LogP contribution in [0, 0.1) is 5.41 Å². The Hall–Kier alpha value is -2.10. The summed E-state index contributed by atoms with van der Waals surface area (Å²) in [5.74, 6) is -2.85. The van der Waals surface area contributed by atoms with Crippen LogP contribution in [-0.2, 0) is 25.8 Å². The van der Waals surface area contributed by atoms with Gasteiger partial charge in [-0.3, -0.25) is 9.59 Å². The predicted molar refractivity (Wildman–Crippen MR) is 68.2 cm³/mol. The molecule has 0 heterocycles. The Morgan fingerprint density at radius 2 is 1.55 bits per heavy atom. The zero-order valence-corrected chi connectivity index (χ0v) is 12.2. The molecule has 0 atom stereocenters. The second-order valence-corrected chi connectivity index (χ2v) is 6.57. The Morgan fingerprint density at radius 1 is 1.09 bits per heavy atom. The molecule has 0 saturated carbocycles. The number of amides is 1. The average molecular weight is 339 g/mol. The number of alkyl halides is 3. The standard InChI is InChI=1S/C12H12F3NO5S/c1-11(2,10(18)19)9(17)16-22(20,21)8-5-3-7(4-6-8)12(13,14)15/h3-6H,1-2H3,(H,16,17)(H,18,19). The summed E-state index contributed by atoms with van der Waals surface area (Å²) in [6.07, 6.45) is -4.63. The van der Waals surface area contributed by atoms with Crippen LogP contribution in [0.5, 0.6) is 0 Å². The highest BCUT2D eigenvalue weighted by molar-refractivity contribution is 7.90. The molecule has 1 rings (SSSR count). The van der Waals surface area contributed by atoms with Gasteiger partial charge in [-0.2, -0.15) is 13.2 Å². The van der Waals surface area contributed by atoms with Crippen LogP contribution in [0.3, 0.4) is 0 Å². The Balaban J connectivity index is 3.06. The van der Waals surface area contributed by atoms with Gasteiger partial charge in [-0.05, 0) is 38.1 Å². The number of carboxylic acids is 1. The van der Waals surface area contributed by atoms with Crippen LogP contribution < -0.4 is 4.72 Å². The van der Waals surface area contributed by atoms with E-state index in [0.29, 0.717) is 24.3 Å². The van der Waals surface area contributed by atoms with E-state index in [9.17, 15) is 31.2 Å². The van der Waals surface area contributed by atoms with Crippen molar-refractivity contribution in [2.24, 2.45) is 5.41 Å². The maximum atomic E-state index is 12.4. The van der Waals surface area contributed by atoms with Crippen molar-refractivity contribution in [2.45, 2.75) is 24.9 Å². The van der Waals surface area contributed by atoms with Crippen LogP contribution in [-0.4, -0.2) is 25.4 Å². The minimum absolute atomic E-state index is 0.543. The molecule has 0 aliphatic carbocycles. The first-order valence-corrected chi connectivity index (χ1v) is 7.24. The van der Waals surface area contributed by atoms with Crippen molar-refractivity contribution in [3.05, 3.63) is 29.8 Å². The molecule has 1 aromatic carbocycles. The van der Waals surface area contributed by atoms with Gasteiger partial charge >= 0.3 is 12.1 Å². The number of carboxylic acid groups (broad SMARTS) is 1. The summed E-state index contributed by atoms with van der Waals surface area (Å²) in [6.45, 7) is 1.99. The van der Waals surface area contributed by atoms with E-state index in [2.05, 4.69) is 0 Å². The minimum Gasteiger partial charge on any atom is -0.480 e. The van der Waals surface area contributed by atoms with E-state index in [1.54, 1.807) is 0 Å². The molecule has 0 aliphatic heterocycles. The molecule has 0 aromatic heterocycles. The second kappa shape index (κ2) is 5.59. The minimum atomic E-state index is -4.63. The lowest BCUT2D eigenvalue weighted by Gasteiger charge is -2.18. The summed E-state index contributed by atoms with van der Waals surface area (Å²) >= 11 is 0. The quantitative estimate of drug-likeness (QED) is 0.812. The number of aliphatic carboxylic acids is 1. The van der Waals surface area contributed by atoms with Gasteiger partial charge in [-0.15, -0.1) is 0 Å². The highest BCUT2D eigenvalue weighted by Crippen LogP contribution is 2.29. The predicted octanol–water partition coefficient (Wildman–Crippen LogP) is 1.62. The van der Waals surface area contributed by atoms with Crippen LogP contribution in [0.15, 0.2) is 29.2 Å². The summed E-state index contributed by atoms with van der Waals surface area (Å²) in [5, 5.41) is 8.82.